The van der Waals surface area contributed by atoms with Crippen LogP contribution in [-0.4, -0.2) is 37.7 Å². The molecule has 6 nitrogen and oxygen atoms in total. The lowest BCUT2D eigenvalue weighted by atomic mass is 9.97. The van der Waals surface area contributed by atoms with Crippen molar-refractivity contribution in [2.24, 2.45) is 0 Å². The number of carbonyl (C=O) groups is 1. The normalized spacial score (nSPS) is 15.1. The van der Waals surface area contributed by atoms with Crippen molar-refractivity contribution in [2.45, 2.75) is 58.9 Å². The summed E-state index contributed by atoms with van der Waals surface area (Å²) in [5, 5.41) is 0.518. The van der Waals surface area contributed by atoms with Crippen LogP contribution in [0.2, 0.25) is 0 Å². The zero-order chi connectivity index (χ0) is 24.9. The van der Waals surface area contributed by atoms with Crippen molar-refractivity contribution < 1.29 is 18.7 Å². The predicted octanol–water partition coefficient (Wildman–Crippen LogP) is 5.95. The molecule has 3 aromatic rings. The minimum absolute atomic E-state index is 0.142. The van der Waals surface area contributed by atoms with Gasteiger partial charge in [0.05, 0.1) is 23.6 Å². The highest BCUT2D eigenvalue weighted by atomic mass is 16.5. The first kappa shape index (κ1) is 25.0. The Kier molecular flexibility index (Phi) is 7.91. The highest BCUT2D eigenvalue weighted by molar-refractivity contribution is 5.99. The van der Waals surface area contributed by atoms with Crippen LogP contribution in [0.5, 0.6) is 5.75 Å². The highest BCUT2D eigenvalue weighted by Crippen LogP contribution is 2.39. The Hall–Kier alpha value is -3.12. The highest BCUT2D eigenvalue weighted by Gasteiger charge is 2.42. The second-order valence-electron chi connectivity index (χ2n) is 9.36. The summed E-state index contributed by atoms with van der Waals surface area (Å²) in [6.45, 7) is 7.72. The fraction of sp³-hybridized carbons (Fsp3) is 0.448. The van der Waals surface area contributed by atoms with Crippen LogP contribution in [0.3, 0.4) is 0 Å². The number of methoxy groups -OCH3 is 1. The number of benzene rings is 2. The molecule has 0 N–H and O–H groups in total. The van der Waals surface area contributed by atoms with Crippen molar-refractivity contribution in [3.63, 3.8) is 0 Å². The van der Waals surface area contributed by atoms with Crippen LogP contribution in [0.4, 0.5) is 0 Å². The number of carbonyl (C=O) groups excluding carboxylic acids is 1. The number of nitrogens with zero attached hydrogens (tertiary/aromatic N) is 1. The summed E-state index contributed by atoms with van der Waals surface area (Å²) < 4.78 is 17.2. The number of aryl methyl sites for hydroxylation is 2. The minimum atomic E-state index is -0.505. The molecule has 1 amide bonds. The molecule has 1 atom stereocenters. The number of rotatable bonds is 11. The number of amides is 1. The van der Waals surface area contributed by atoms with Crippen molar-refractivity contribution in [3.05, 3.63) is 74.6 Å². The molecule has 0 radical (unpaired) electrons. The van der Waals surface area contributed by atoms with Crippen molar-refractivity contribution >= 4 is 16.9 Å². The topological polar surface area (TPSA) is 69.0 Å². The molecule has 2 aromatic carbocycles. The third-order valence-electron chi connectivity index (χ3n) is 6.61. The SMILES string of the molecule is CCCCCCOc1ccc(C2c3c(oc4c(C)cc(C)cc4c3=O)C(=O)N2CCCOC)cc1. The molecular weight excluding hydrogens is 442 g/mol. The summed E-state index contributed by atoms with van der Waals surface area (Å²) in [5.74, 6) is 0.682. The summed E-state index contributed by atoms with van der Waals surface area (Å²) in [6.07, 6.45) is 5.26. The van der Waals surface area contributed by atoms with E-state index in [1.165, 1.54) is 12.8 Å². The van der Waals surface area contributed by atoms with Crippen LogP contribution in [0.25, 0.3) is 11.0 Å². The molecule has 0 fully saturated rings. The molecule has 6 heteroatoms. The maximum Gasteiger partial charge on any atom is 0.290 e. The Morgan fingerprint density at radius 1 is 0.971 bits per heavy atom. The molecule has 0 saturated heterocycles. The van der Waals surface area contributed by atoms with Gasteiger partial charge in [0, 0.05) is 20.3 Å². The smallest absolute Gasteiger partial charge is 0.290 e. The Bertz CT molecular complexity index is 1240. The first-order valence-electron chi connectivity index (χ1n) is 12.6. The van der Waals surface area contributed by atoms with Crippen molar-refractivity contribution in [3.8, 4) is 5.75 Å². The van der Waals surface area contributed by atoms with Crippen LogP contribution < -0.4 is 10.2 Å². The number of fused-ring (bicyclic) bond motifs is 2. The van der Waals surface area contributed by atoms with Crippen molar-refractivity contribution in [1.82, 2.24) is 4.90 Å². The van der Waals surface area contributed by atoms with E-state index in [0.29, 0.717) is 42.7 Å². The third kappa shape index (κ3) is 5.13. The van der Waals surface area contributed by atoms with Gasteiger partial charge in [-0.2, -0.15) is 0 Å². The molecule has 1 unspecified atom stereocenters. The molecule has 1 aliphatic rings. The number of unbranched alkanes of at least 4 members (excludes halogenated alkanes) is 3. The molecule has 35 heavy (non-hydrogen) atoms. The Morgan fingerprint density at radius 2 is 1.74 bits per heavy atom. The van der Waals surface area contributed by atoms with Gasteiger partial charge in [-0.1, -0.05) is 44.4 Å². The second-order valence-corrected chi connectivity index (χ2v) is 9.36. The quantitative estimate of drug-likeness (QED) is 0.319. The van der Waals surface area contributed by atoms with Crippen molar-refractivity contribution in [2.75, 3.05) is 26.9 Å². The lowest BCUT2D eigenvalue weighted by Gasteiger charge is -2.25. The molecule has 0 spiro atoms. The fourth-order valence-corrected chi connectivity index (χ4v) is 4.90. The molecule has 0 bridgehead atoms. The van der Waals surface area contributed by atoms with Crippen LogP contribution in [0.15, 0.2) is 45.6 Å². The summed E-state index contributed by atoms with van der Waals surface area (Å²) in [5.41, 5.74) is 3.46. The number of hydrogen-bond acceptors (Lipinski definition) is 5. The summed E-state index contributed by atoms with van der Waals surface area (Å²) in [6, 6.07) is 11.0. The van der Waals surface area contributed by atoms with E-state index in [1.54, 1.807) is 12.0 Å². The van der Waals surface area contributed by atoms with Crippen LogP contribution in [0.1, 0.15) is 77.9 Å². The lowest BCUT2D eigenvalue weighted by molar-refractivity contribution is 0.0708. The van der Waals surface area contributed by atoms with Gasteiger partial charge in [-0.3, -0.25) is 9.59 Å². The summed E-state index contributed by atoms with van der Waals surface area (Å²) >= 11 is 0. The van der Waals surface area contributed by atoms with Gasteiger partial charge in [0.2, 0.25) is 5.76 Å². The molecule has 186 valence electrons. The van der Waals surface area contributed by atoms with E-state index in [-0.39, 0.29) is 17.1 Å². The van der Waals surface area contributed by atoms with Gasteiger partial charge in [-0.05, 0) is 61.6 Å². The molecule has 1 aromatic heterocycles. The van der Waals surface area contributed by atoms with Gasteiger partial charge in [-0.15, -0.1) is 0 Å². The number of ether oxygens (including phenoxy) is 2. The van der Waals surface area contributed by atoms with E-state index in [9.17, 15) is 9.59 Å². The maximum atomic E-state index is 13.7. The fourth-order valence-electron chi connectivity index (χ4n) is 4.90. The van der Waals surface area contributed by atoms with Gasteiger partial charge < -0.3 is 18.8 Å². The number of hydrogen-bond donors (Lipinski definition) is 0. The van der Waals surface area contributed by atoms with Gasteiger partial charge in [0.1, 0.15) is 11.3 Å². The van der Waals surface area contributed by atoms with Crippen LogP contribution in [0, 0.1) is 13.8 Å². The van der Waals surface area contributed by atoms with Gasteiger partial charge >= 0.3 is 0 Å². The molecular formula is C29H35NO5. The average Bonchev–Trinajstić information content (AvgIpc) is 3.12. The molecule has 1 aliphatic heterocycles. The van der Waals surface area contributed by atoms with Gasteiger partial charge in [0.15, 0.2) is 5.43 Å². The first-order valence-corrected chi connectivity index (χ1v) is 12.6. The predicted molar refractivity (Wildman–Crippen MR) is 137 cm³/mol. The Labute approximate surface area is 206 Å². The average molecular weight is 478 g/mol. The van der Waals surface area contributed by atoms with E-state index < -0.39 is 6.04 Å². The van der Waals surface area contributed by atoms with Crippen LogP contribution in [-0.2, 0) is 4.74 Å². The van der Waals surface area contributed by atoms with Gasteiger partial charge in [-0.25, -0.2) is 0 Å². The van der Waals surface area contributed by atoms with E-state index in [0.717, 1.165) is 35.3 Å². The minimum Gasteiger partial charge on any atom is -0.494 e. The maximum absolute atomic E-state index is 13.7. The largest absolute Gasteiger partial charge is 0.494 e. The van der Waals surface area contributed by atoms with Crippen molar-refractivity contribution in [1.29, 1.82) is 0 Å². The first-order chi connectivity index (χ1) is 17.0. The van der Waals surface area contributed by atoms with E-state index in [4.69, 9.17) is 13.9 Å². The van der Waals surface area contributed by atoms with E-state index >= 15 is 0 Å². The summed E-state index contributed by atoms with van der Waals surface area (Å²) in [7, 11) is 1.64. The van der Waals surface area contributed by atoms with E-state index in [1.807, 2.05) is 50.2 Å². The molecule has 0 saturated carbocycles. The van der Waals surface area contributed by atoms with Gasteiger partial charge in [0.25, 0.3) is 5.91 Å². The second kappa shape index (κ2) is 11.1. The van der Waals surface area contributed by atoms with E-state index in [2.05, 4.69) is 6.92 Å². The molecule has 0 aliphatic carbocycles. The third-order valence-corrected chi connectivity index (χ3v) is 6.61. The Morgan fingerprint density at radius 3 is 2.46 bits per heavy atom. The molecule has 4 rings (SSSR count). The summed E-state index contributed by atoms with van der Waals surface area (Å²) in [4.78, 5) is 28.9. The lowest BCUT2D eigenvalue weighted by Crippen LogP contribution is -2.31. The zero-order valence-corrected chi connectivity index (χ0v) is 21.2. The standard InChI is InChI=1S/C29H35NO5/c1-5-6-7-8-16-34-22-12-10-21(11-13-22)25-24-26(31)23-18-19(2)17-20(3)27(23)35-28(24)29(32)30(25)14-9-15-33-4/h10-13,17-18,25H,5-9,14-16H2,1-4H3. The van der Waals surface area contributed by atoms with Crippen LogP contribution >= 0.6 is 0 Å². The zero-order valence-electron chi connectivity index (χ0n) is 21.2. The monoisotopic (exact) mass is 477 g/mol. The Balaban J connectivity index is 1.71. The molecule has 2 heterocycles.